The molecule has 0 bridgehead atoms. The van der Waals surface area contributed by atoms with Gasteiger partial charge in [0.1, 0.15) is 6.29 Å². The number of amides is 3. The quantitative estimate of drug-likeness (QED) is 0.0211. The number of carbonyl (C=O) groups excluding carboxylic acids is 4. The van der Waals surface area contributed by atoms with Crippen molar-refractivity contribution in [1.29, 1.82) is 0 Å². The average Bonchev–Trinajstić information content (AvgIpc) is 1.61. The van der Waals surface area contributed by atoms with Gasteiger partial charge in [-0.3, -0.25) is 24.1 Å². The molecule has 8 aromatic carbocycles. The van der Waals surface area contributed by atoms with Crippen LogP contribution in [-0.2, 0) is 72.3 Å². The summed E-state index contributed by atoms with van der Waals surface area (Å²) >= 11 is 5.83. The minimum absolute atomic E-state index is 0.00542. The lowest BCUT2D eigenvalue weighted by Gasteiger charge is -2.23. The van der Waals surface area contributed by atoms with Crippen molar-refractivity contribution in [2.45, 2.75) is 285 Å². The van der Waals surface area contributed by atoms with E-state index in [1.165, 1.54) is 84.1 Å². The van der Waals surface area contributed by atoms with Crippen molar-refractivity contribution in [1.82, 2.24) is 34.3 Å². The number of thiazole rings is 4. The van der Waals surface area contributed by atoms with E-state index in [0.29, 0.717) is 26.9 Å². The van der Waals surface area contributed by atoms with Crippen molar-refractivity contribution in [3.63, 3.8) is 0 Å². The van der Waals surface area contributed by atoms with E-state index in [-0.39, 0.29) is 52.7 Å². The van der Waals surface area contributed by atoms with Crippen LogP contribution in [0, 0.1) is 55.4 Å². The number of aromatic nitrogens is 4. The summed E-state index contributed by atoms with van der Waals surface area (Å²) < 4.78 is 35.9. The molecule has 4 saturated carbocycles. The Morgan fingerprint density at radius 2 is 0.719 bits per heavy atom. The van der Waals surface area contributed by atoms with Crippen molar-refractivity contribution >= 4 is 118 Å². The molecule has 4 aliphatic carbocycles. The zero-order chi connectivity index (χ0) is 103. The zero-order valence-corrected chi connectivity index (χ0v) is 91.3. The number of nitrogen functional groups attached to an aromatic ring is 1. The van der Waals surface area contributed by atoms with Crippen LogP contribution >= 0.6 is 45.3 Å². The summed E-state index contributed by atoms with van der Waals surface area (Å²) in [7, 11) is 3.32. The molecule has 4 heterocycles. The Labute approximate surface area is 848 Å². The summed E-state index contributed by atoms with van der Waals surface area (Å²) in [5.41, 5.74) is 28.6. The first-order chi connectivity index (χ1) is 66.3. The van der Waals surface area contributed by atoms with Gasteiger partial charge >= 0.3 is 5.97 Å². The number of hydrogen-bond donors (Lipinski definition) is 8. The van der Waals surface area contributed by atoms with Crippen LogP contribution in [0.4, 0.5) is 20.5 Å². The monoisotopic (exact) mass is 2000 g/mol. The second kappa shape index (κ2) is 54.1. The zero-order valence-electron chi connectivity index (χ0n) is 86.4. The number of aldehydes is 1. The third-order valence-corrected chi connectivity index (χ3v) is 31.6. The smallest absolute Gasteiger partial charge is 0.314 e. The van der Waals surface area contributed by atoms with Gasteiger partial charge in [0.15, 0.2) is 20.5 Å². The molecule has 0 unspecified atom stereocenters. The fourth-order valence-electron chi connectivity index (χ4n) is 14.9. The van der Waals surface area contributed by atoms with E-state index in [0.717, 1.165) is 123 Å². The SMILES string of the molecule is CC.CC.CC.CC.CC(C)(C)[S@](=O)N[C@@H](c1ccccc1)c1cnc(N)s1.CC[C@@H](CC=O)OC.Cc1ccc(C2(C(=O)Nc3ncc([C@@H](N)c4ccccc4)s3)CC2)cc1C.Cc1ccc(C2(C(=O)Nc3ncc([C@@H](N[S@@](=O)C(C)(C)C)c4ccccc4)s3)CC2)cc1C.Cc1ccc(C2(C(=O)Nc3ncc([C@H](c4ccccc4)N(C)C)s3)CC2)cc1C.Cc1ccc(C2(C(=O)O)CC2)cc1C. The minimum atomic E-state index is -1.26. The molecule has 0 radical (unpaired) electrons. The molecule has 0 aliphatic heterocycles. The van der Waals surface area contributed by atoms with E-state index in [9.17, 15) is 32.4 Å². The van der Waals surface area contributed by atoms with E-state index >= 15 is 0 Å². The number of rotatable bonds is 28. The first kappa shape index (κ1) is 116. The average molecular weight is 2000 g/mol. The molecule has 4 aliphatic rings. The van der Waals surface area contributed by atoms with Gasteiger partial charge in [-0.1, -0.05) is 290 Å². The van der Waals surface area contributed by atoms with Crippen LogP contribution in [-0.4, -0.2) is 105 Å². The predicted molar refractivity (Wildman–Crippen MR) is 584 cm³/mol. The lowest BCUT2D eigenvalue weighted by Crippen LogP contribution is -2.35. The Balaban J connectivity index is 0.000000232. The van der Waals surface area contributed by atoms with Gasteiger partial charge in [-0.05, 0) is 258 Å². The van der Waals surface area contributed by atoms with Crippen molar-refractivity contribution in [2.24, 2.45) is 5.73 Å². The van der Waals surface area contributed by atoms with E-state index in [1.807, 2.05) is 239 Å². The number of carbonyl (C=O) groups is 5. The number of nitrogens with zero attached hydrogens (tertiary/aromatic N) is 5. The van der Waals surface area contributed by atoms with Gasteiger partial charge < -0.3 is 42.1 Å². The second-order valence-corrected chi connectivity index (χ2v) is 44.8. The van der Waals surface area contributed by atoms with Gasteiger partial charge in [-0.15, -0.1) is 11.3 Å². The van der Waals surface area contributed by atoms with E-state index in [1.54, 1.807) is 37.0 Å². The Hall–Kier alpha value is -10.3. The summed E-state index contributed by atoms with van der Waals surface area (Å²) in [5.74, 6) is -0.599. The summed E-state index contributed by atoms with van der Waals surface area (Å²) in [6.07, 6.45) is 16.4. The first-order valence-electron chi connectivity index (χ1n) is 48.3. The summed E-state index contributed by atoms with van der Waals surface area (Å²) in [4.78, 5) is 83.8. The molecule has 21 nitrogen and oxygen atoms in total. The number of anilines is 4. The Morgan fingerprint density at radius 1 is 0.432 bits per heavy atom. The number of methoxy groups -OCH3 is 1. The fourth-order valence-corrected chi connectivity index (χ4v) is 20.2. The maximum Gasteiger partial charge on any atom is 0.314 e. The third-order valence-electron chi connectivity index (χ3n) is 24.6. The molecule has 748 valence electrons. The van der Waals surface area contributed by atoms with Crippen molar-refractivity contribution in [3.05, 3.63) is 327 Å². The molecule has 4 aromatic heterocycles. The van der Waals surface area contributed by atoms with Gasteiger partial charge in [0.05, 0.1) is 83.4 Å². The highest BCUT2D eigenvalue weighted by Crippen LogP contribution is 2.53. The molecule has 4 fully saturated rings. The Kier molecular flexibility index (Phi) is 45.0. The number of aryl methyl sites for hydroxylation is 8. The highest BCUT2D eigenvalue weighted by atomic mass is 32.2. The number of benzene rings is 8. The molecule has 12 aromatic rings. The van der Waals surface area contributed by atoms with Gasteiger partial charge in [0.25, 0.3) is 0 Å². The molecule has 139 heavy (non-hydrogen) atoms. The van der Waals surface area contributed by atoms with Crippen LogP contribution in [0.2, 0.25) is 0 Å². The van der Waals surface area contributed by atoms with Crippen LogP contribution < -0.4 is 36.9 Å². The predicted octanol–water partition coefficient (Wildman–Crippen LogP) is 25.5. The van der Waals surface area contributed by atoms with Crippen LogP contribution in [0.25, 0.3) is 0 Å². The molecule has 16 rings (SSSR count). The molecule has 0 saturated heterocycles. The van der Waals surface area contributed by atoms with Crippen LogP contribution in [0.3, 0.4) is 0 Å². The topological polar surface area (TPSA) is 316 Å². The summed E-state index contributed by atoms with van der Waals surface area (Å²) in [6, 6.07) is 64.5. The summed E-state index contributed by atoms with van der Waals surface area (Å²) in [6.45, 7) is 46.3. The highest BCUT2D eigenvalue weighted by molar-refractivity contribution is 7.84. The molecular formula is C112H150N12O9S6. The van der Waals surface area contributed by atoms with Crippen molar-refractivity contribution < 1.29 is 42.2 Å². The maximum atomic E-state index is 13.2. The lowest BCUT2D eigenvalue weighted by atomic mass is 9.92. The second-order valence-electron chi connectivity index (χ2n) is 36.5. The van der Waals surface area contributed by atoms with Gasteiger partial charge in [0, 0.05) is 57.8 Å². The molecule has 27 heteroatoms. The Morgan fingerprint density at radius 3 is 0.993 bits per heavy atom. The number of carboxylic acid groups (broad SMARTS) is 1. The maximum absolute atomic E-state index is 13.2. The van der Waals surface area contributed by atoms with Crippen LogP contribution in [0.5, 0.6) is 0 Å². The molecule has 3 amide bonds. The normalized spacial score (nSPS) is 15.3. The van der Waals surface area contributed by atoms with E-state index in [2.05, 4.69) is 185 Å². The summed E-state index contributed by atoms with van der Waals surface area (Å²) in [5, 5.41) is 20.6. The largest absolute Gasteiger partial charge is 0.481 e. The number of hydrogen-bond acceptors (Lipinski definition) is 19. The van der Waals surface area contributed by atoms with Gasteiger partial charge in [-0.25, -0.2) is 37.8 Å². The van der Waals surface area contributed by atoms with E-state index in [4.69, 9.17) is 21.3 Å². The molecular weight excluding hydrogens is 1850 g/mol. The highest BCUT2D eigenvalue weighted by Gasteiger charge is 2.55. The van der Waals surface area contributed by atoms with Crippen molar-refractivity contribution in [2.75, 3.05) is 42.9 Å². The molecule has 0 spiro atoms. The first-order valence-corrected chi connectivity index (χ1v) is 53.9. The number of aliphatic carboxylic acids is 1. The standard InChI is InChI=1S/C26H31N3O2S2.C24H27N3OS.C22H23N3OS.C14H19N3OS2.C12H14O2.C6H12O2.4C2H6/c1-17-11-12-20(15-18(17)2)26(13-14-26)23(30)28-24-27-16-21(32-24)22(19-9-7-6-8-10-19)29-33(31)25(3,4)5;1-16-10-11-19(14-17(16)2)24(12-13-24)22(28)26-23-25-15-20(29-23)21(27(3)4)18-8-6-5-7-9-18;1-14-8-9-17(12-15(14)2)22(10-11-22)20(26)25-21-24-13-18(27-21)19(23)16-6-4-3-5-7-16;1-14(2,3)20(18)17-12(10-7-5-4-6-8-10)11-9-16-13(15)19-11;1-8-3-4-10(7-9(8)2)12(5-6-12)11(13)14;1-3-6(8-2)4-5-7;4*1-2/h6-12,15-16,22,29H,13-14H2,1-5H3,(H,27,28,30);5-11,14-15,21H,12-13H2,1-4H3,(H,25,26,28);3-9,12-13,19H,10-11,23H2,1-2H3,(H,24,25,26);4-9,12,17H,1-3H3,(H2,15,16);3-4,7H,5-6H2,1-2H3,(H,13,14);5-6H,3-4H2,1-2H3;4*1-2H3/t22-,33-;21-;19-;12-,20-;;6-;;;;/m0000.0..../s1. The third kappa shape index (κ3) is 31.6. The number of nitrogens with two attached hydrogens (primary N) is 2. The number of nitrogens with one attached hydrogen (secondary N) is 5. The molecule has 10 N–H and O–H groups in total. The molecule has 7 atom stereocenters. The minimum Gasteiger partial charge on any atom is -0.481 e. The number of carboxylic acids is 1. The van der Waals surface area contributed by atoms with Gasteiger partial charge in [-0.2, -0.15) is 0 Å². The van der Waals surface area contributed by atoms with Crippen molar-refractivity contribution in [3.8, 4) is 0 Å². The van der Waals surface area contributed by atoms with Gasteiger partial charge in [0.2, 0.25) is 17.7 Å². The Bertz CT molecular complexity index is 5930. The fraction of sp³-hybridized carbons (Fsp3) is 0.420. The van der Waals surface area contributed by atoms with Crippen LogP contribution in [0.1, 0.15) is 301 Å². The van der Waals surface area contributed by atoms with E-state index < -0.39 is 54.3 Å². The van der Waals surface area contributed by atoms with Crippen LogP contribution in [0.15, 0.2) is 219 Å². The number of ether oxygens (including phenoxy) is 1. The lowest BCUT2D eigenvalue weighted by molar-refractivity contribution is -0.140.